The first kappa shape index (κ1) is 54.5. The molecule has 5 aromatic carbocycles. The lowest BCUT2D eigenvalue weighted by Crippen LogP contribution is -2.70. The summed E-state index contributed by atoms with van der Waals surface area (Å²) >= 11 is 0. The molecule has 0 spiro atoms. The van der Waals surface area contributed by atoms with Crippen LogP contribution in [0, 0.1) is 115 Å². The van der Waals surface area contributed by atoms with Gasteiger partial charge in [0, 0.05) is 16.7 Å². The van der Waals surface area contributed by atoms with Crippen molar-refractivity contribution in [3.05, 3.63) is 184 Å². The Balaban J connectivity index is 2.12. The molecule has 0 aromatic heterocycles. The van der Waals surface area contributed by atoms with Crippen LogP contribution in [0.15, 0.2) is 72.4 Å². The maximum atomic E-state index is 7.57. The van der Waals surface area contributed by atoms with Crippen molar-refractivity contribution >= 4 is 53.1 Å². The summed E-state index contributed by atoms with van der Waals surface area (Å²) in [5.41, 5.74) is 37.0. The van der Waals surface area contributed by atoms with Crippen molar-refractivity contribution in [3.63, 3.8) is 0 Å². The molecule has 0 saturated carbocycles. The molecule has 0 heterocycles. The van der Waals surface area contributed by atoms with Crippen LogP contribution in [-0.4, -0.2) is 30.6 Å². The fourth-order valence-electron chi connectivity index (χ4n) is 11.9. The summed E-state index contributed by atoms with van der Waals surface area (Å²) in [5, 5.41) is 0. The van der Waals surface area contributed by atoms with Gasteiger partial charge in [-0.15, -0.1) is 5.54 Å². The molecule has 0 amide bonds. The van der Waals surface area contributed by atoms with Gasteiger partial charge in [0.2, 0.25) is 8.32 Å². The summed E-state index contributed by atoms with van der Waals surface area (Å²) < 4.78 is 7.57. The first-order valence-electron chi connectivity index (χ1n) is 25.0. The Kier molecular flexibility index (Phi) is 16.4. The van der Waals surface area contributed by atoms with Crippen molar-refractivity contribution in [2.45, 2.75) is 169 Å². The molecule has 0 aliphatic rings. The summed E-state index contributed by atoms with van der Waals surface area (Å²) in [4.78, 5) is 0. The van der Waals surface area contributed by atoms with E-state index in [4.69, 9.17) is 4.43 Å². The number of benzene rings is 5. The van der Waals surface area contributed by atoms with Gasteiger partial charge in [-0.2, -0.15) is 0 Å². The van der Waals surface area contributed by atoms with Gasteiger partial charge >= 0.3 is 0 Å². The highest BCUT2D eigenvalue weighted by Crippen LogP contribution is 2.44. The predicted molar refractivity (Wildman–Crippen MR) is 314 cm³/mol. The third-order valence-corrected chi connectivity index (χ3v) is 50.2. The Morgan fingerprint density at radius 3 is 1.06 bits per heavy atom. The van der Waals surface area contributed by atoms with E-state index in [2.05, 4.69) is 247 Å². The molecular formula is C63H86OSi4. The van der Waals surface area contributed by atoms with E-state index in [9.17, 15) is 0 Å². The molecule has 360 valence electrons. The maximum absolute atomic E-state index is 7.57. The van der Waals surface area contributed by atoms with Crippen LogP contribution < -0.4 is 0 Å². The van der Waals surface area contributed by atoms with Gasteiger partial charge in [0.1, 0.15) is 12.9 Å². The second-order valence-electron chi connectivity index (χ2n) is 23.9. The molecule has 0 radical (unpaired) electrons. The Morgan fingerprint density at radius 1 is 0.412 bits per heavy atom. The molecule has 0 atom stereocenters. The minimum atomic E-state index is -2.51. The quantitative estimate of drug-likeness (QED) is 0.0398. The highest BCUT2D eigenvalue weighted by Gasteiger charge is 2.53. The average molecular weight is 972 g/mol. The largest absolute Gasteiger partial charge is 0.543 e. The molecule has 68 heavy (non-hydrogen) atoms. The highest BCUT2D eigenvalue weighted by molar-refractivity contribution is 7.73. The zero-order valence-corrected chi connectivity index (χ0v) is 51.0. The van der Waals surface area contributed by atoms with Crippen LogP contribution in [0.3, 0.4) is 0 Å². The van der Waals surface area contributed by atoms with E-state index in [-0.39, 0.29) is 0 Å². The van der Waals surface area contributed by atoms with Crippen molar-refractivity contribution in [3.8, 4) is 11.5 Å². The number of rotatable bonds is 12. The summed E-state index contributed by atoms with van der Waals surface area (Å²) in [7, 11) is -8.65. The zero-order valence-electron chi connectivity index (χ0n) is 47.0. The molecule has 0 N–H and O–H groups in total. The summed E-state index contributed by atoms with van der Waals surface area (Å²) in [6.07, 6.45) is 3.36. The minimum Gasteiger partial charge on any atom is -0.543 e. The Bertz CT molecular complexity index is 2810. The normalized spacial score (nSPS) is 13.4. The summed E-state index contributed by atoms with van der Waals surface area (Å²) in [6.45, 7) is 56.9. The second-order valence-corrected chi connectivity index (χ2v) is 54.7. The molecule has 5 heteroatoms. The molecule has 5 rings (SSSR count). The van der Waals surface area contributed by atoms with E-state index in [0.717, 1.165) is 12.2 Å². The maximum Gasteiger partial charge on any atom is 0.242 e. The lowest BCUT2D eigenvalue weighted by molar-refractivity contribution is 0.515. The van der Waals surface area contributed by atoms with Gasteiger partial charge in [0.25, 0.3) is 0 Å². The van der Waals surface area contributed by atoms with Crippen molar-refractivity contribution in [1.29, 1.82) is 0 Å². The molecule has 0 aliphatic heterocycles. The van der Waals surface area contributed by atoms with Crippen molar-refractivity contribution in [2.24, 2.45) is 0 Å². The van der Waals surface area contributed by atoms with E-state index in [0.29, 0.717) is 0 Å². The van der Waals surface area contributed by atoms with E-state index in [1.54, 1.807) is 0 Å². The third kappa shape index (κ3) is 11.9. The van der Waals surface area contributed by atoms with Crippen LogP contribution in [-0.2, 0) is 4.43 Å². The minimum absolute atomic E-state index is 0.767. The zero-order chi connectivity index (χ0) is 51.2. The fraction of sp³-hybridized carbons (Fsp3) is 0.397. The molecule has 0 aliphatic carbocycles. The molecule has 5 aromatic rings. The van der Waals surface area contributed by atoms with Gasteiger partial charge in [-0.1, -0.05) is 139 Å². The lowest BCUT2D eigenvalue weighted by atomic mass is 9.83. The van der Waals surface area contributed by atoms with E-state index < -0.39 is 30.6 Å². The number of aryl methyl sites for hydroxylation is 15. The molecule has 0 unspecified atom stereocenters. The van der Waals surface area contributed by atoms with Crippen molar-refractivity contribution < 1.29 is 4.43 Å². The van der Waals surface area contributed by atoms with E-state index in [1.807, 2.05) is 0 Å². The standard InChI is InChI=1S/C63H86OSi4/c1-40-27-45(6)57(46(7)28-40)25-26-68(66(19,20)21,67(22,23)24)39-56(60-49(10)31-42(3)32-50(60)11)37-55(59-47(8)29-41(2)30-48(59)9)38-58(61-51(12)33-43(4)34-52(61)13)63(64-65(16,17)18)62-53(14)35-44(5)36-54(62)15/h27-36,38-39H,37H2,1-24H3/b55-38+,56-39+,63-58-. The lowest BCUT2D eigenvalue weighted by Gasteiger charge is -2.45. The van der Waals surface area contributed by atoms with Gasteiger partial charge in [0.15, 0.2) is 0 Å². The van der Waals surface area contributed by atoms with Crippen LogP contribution >= 0.6 is 0 Å². The van der Waals surface area contributed by atoms with E-state index >= 15 is 0 Å². The molecule has 0 fully saturated rings. The van der Waals surface area contributed by atoms with E-state index in [1.165, 1.54) is 128 Å². The molecule has 0 bridgehead atoms. The fourth-order valence-corrected chi connectivity index (χ4v) is 51.0. The third-order valence-electron chi connectivity index (χ3n) is 14.0. The predicted octanol–water partition coefficient (Wildman–Crippen LogP) is 18.0. The van der Waals surface area contributed by atoms with Crippen molar-refractivity contribution in [2.75, 3.05) is 0 Å². The topological polar surface area (TPSA) is 9.23 Å². The van der Waals surface area contributed by atoms with Crippen LogP contribution in [0.5, 0.6) is 0 Å². The first-order valence-corrected chi connectivity index (χ1v) is 39.5. The first-order chi connectivity index (χ1) is 31.2. The summed E-state index contributed by atoms with van der Waals surface area (Å²) in [6, 6.07) is 23.6. The Labute approximate surface area is 419 Å². The number of allylic oxidation sites excluding steroid dienone is 4. The molecule has 1 nitrogen and oxygen atoms in total. The SMILES string of the molecule is Cc1cc(C)c(C#C[Si](/C=C(\C/C(=C\C(=C(\O[Si](C)(C)C)c2c(C)cc(C)cc2C)c2c(C)cc(C)cc2C)c2c(C)cc(C)cc2C)c2c(C)cc(C)cc2C)([Si](C)(C)C)[Si](C)(C)C)c(C)c1. The molecule has 0 saturated heterocycles. The van der Waals surface area contributed by atoms with Crippen LogP contribution in [0.2, 0.25) is 58.9 Å². The van der Waals surface area contributed by atoms with Gasteiger partial charge < -0.3 is 4.43 Å². The second kappa shape index (κ2) is 20.5. The Morgan fingerprint density at radius 2 is 0.721 bits per heavy atom. The van der Waals surface area contributed by atoms with Gasteiger partial charge in [0.05, 0.1) is 15.2 Å². The van der Waals surface area contributed by atoms with Gasteiger partial charge in [-0.25, -0.2) is 0 Å². The summed E-state index contributed by atoms with van der Waals surface area (Å²) in [5.74, 6) is 5.01. The van der Waals surface area contributed by atoms with Crippen LogP contribution in [0.25, 0.3) is 22.5 Å². The Hall–Kier alpha value is -4.45. The van der Waals surface area contributed by atoms with Crippen LogP contribution in [0.4, 0.5) is 0 Å². The smallest absolute Gasteiger partial charge is 0.242 e. The van der Waals surface area contributed by atoms with Gasteiger partial charge in [-0.05, 0) is 219 Å². The average Bonchev–Trinajstić information content (AvgIpc) is 3.13. The van der Waals surface area contributed by atoms with Crippen LogP contribution in [0.1, 0.15) is 118 Å². The van der Waals surface area contributed by atoms with Crippen molar-refractivity contribution in [1.82, 2.24) is 0 Å². The monoisotopic (exact) mass is 971 g/mol. The number of hydrogen-bond acceptors (Lipinski definition) is 1. The molecular weight excluding hydrogens is 885 g/mol. The van der Waals surface area contributed by atoms with Gasteiger partial charge in [-0.3, -0.25) is 0 Å². The number of hydrogen-bond donors (Lipinski definition) is 0. The highest BCUT2D eigenvalue weighted by atomic mass is 29.6.